The summed E-state index contributed by atoms with van der Waals surface area (Å²) < 4.78 is 6.24. The number of amides is 1. The number of rotatable bonds is 3. The molecule has 2 aromatic rings. The van der Waals surface area contributed by atoms with E-state index in [1.54, 1.807) is 7.11 Å². The van der Waals surface area contributed by atoms with Crippen LogP contribution in [0.15, 0.2) is 53.0 Å². The number of carbonyl (C=O) groups is 1. The van der Waals surface area contributed by atoms with Crippen molar-refractivity contribution >= 4 is 21.8 Å². The number of hydrogen-bond acceptors (Lipinski definition) is 3. The molecule has 1 amide bonds. The first-order valence-corrected chi connectivity index (χ1v) is 10.8. The maximum atomic E-state index is 12.4. The van der Waals surface area contributed by atoms with Crippen molar-refractivity contribution in [1.29, 1.82) is 0 Å². The van der Waals surface area contributed by atoms with Crippen LogP contribution in [0, 0.1) is 17.3 Å². The normalized spacial score (nSPS) is 17.9. The molecular formula is C24H25BrN2O2. The van der Waals surface area contributed by atoms with Crippen LogP contribution >= 0.6 is 15.9 Å². The fourth-order valence-electron chi connectivity index (χ4n) is 4.24. The van der Waals surface area contributed by atoms with Crippen molar-refractivity contribution < 1.29 is 9.53 Å². The third-order valence-corrected chi connectivity index (χ3v) is 6.48. The fourth-order valence-corrected chi connectivity index (χ4v) is 4.51. The van der Waals surface area contributed by atoms with Gasteiger partial charge in [0.15, 0.2) is 0 Å². The smallest absolute Gasteiger partial charge is 0.298 e. The number of carbonyl (C=O) groups excluding carboxylic acids is 1. The van der Waals surface area contributed by atoms with E-state index < -0.39 is 0 Å². The third kappa shape index (κ3) is 4.83. The molecule has 2 aromatic carbocycles. The second-order valence-electron chi connectivity index (χ2n) is 8.04. The molecule has 0 saturated carbocycles. The Balaban J connectivity index is 1.24. The highest BCUT2D eigenvalue weighted by Gasteiger charge is 2.44. The second-order valence-corrected chi connectivity index (χ2v) is 8.96. The van der Waals surface area contributed by atoms with Gasteiger partial charge in [-0.3, -0.25) is 9.69 Å². The predicted octanol–water partition coefficient (Wildman–Crippen LogP) is 3.93. The van der Waals surface area contributed by atoms with Gasteiger partial charge in [0.05, 0.1) is 7.11 Å². The molecule has 0 bridgehead atoms. The van der Waals surface area contributed by atoms with Gasteiger partial charge in [0.2, 0.25) is 0 Å². The third-order valence-electron chi connectivity index (χ3n) is 5.95. The minimum Gasteiger partial charge on any atom is -0.497 e. The van der Waals surface area contributed by atoms with E-state index >= 15 is 0 Å². The van der Waals surface area contributed by atoms with Crippen molar-refractivity contribution in [2.45, 2.75) is 19.4 Å². The number of likely N-dealkylation sites (tertiary alicyclic amines) is 2. The summed E-state index contributed by atoms with van der Waals surface area (Å²) in [6, 6.07) is 16.0. The van der Waals surface area contributed by atoms with E-state index in [4.69, 9.17) is 4.74 Å². The van der Waals surface area contributed by atoms with Crippen LogP contribution < -0.4 is 4.74 Å². The van der Waals surface area contributed by atoms with Crippen LogP contribution in [-0.2, 0) is 11.3 Å². The molecule has 2 fully saturated rings. The molecule has 0 radical (unpaired) electrons. The molecule has 0 atom stereocenters. The Kier molecular flexibility index (Phi) is 5.94. The van der Waals surface area contributed by atoms with E-state index in [1.165, 1.54) is 5.56 Å². The molecule has 2 aliphatic rings. The van der Waals surface area contributed by atoms with Crippen molar-refractivity contribution in [1.82, 2.24) is 9.80 Å². The Bertz CT molecular complexity index is 912. The van der Waals surface area contributed by atoms with Gasteiger partial charge >= 0.3 is 0 Å². The standard InChI is InChI=1S/C24H25BrN2O2/c1-29-22-9-4-20(5-10-22)16-26-17-24(18-26)12-14-27(15-13-24)23(28)11-6-19-2-7-21(25)8-3-19/h2-5,7-10H,12-18H2,1H3. The molecule has 4 nitrogen and oxygen atoms in total. The molecular weight excluding hydrogens is 428 g/mol. The maximum absolute atomic E-state index is 12.4. The van der Waals surface area contributed by atoms with Gasteiger partial charge < -0.3 is 9.64 Å². The first-order valence-electron chi connectivity index (χ1n) is 9.97. The zero-order valence-corrected chi connectivity index (χ0v) is 18.2. The lowest BCUT2D eigenvalue weighted by Gasteiger charge is -2.54. The van der Waals surface area contributed by atoms with Gasteiger partial charge in [0, 0.05) is 48.7 Å². The van der Waals surface area contributed by atoms with Gasteiger partial charge in [-0.05, 0) is 60.2 Å². The number of benzene rings is 2. The number of nitrogens with zero attached hydrogens (tertiary/aromatic N) is 2. The van der Waals surface area contributed by atoms with Crippen molar-refractivity contribution in [2.75, 3.05) is 33.3 Å². The molecule has 0 N–H and O–H groups in total. The van der Waals surface area contributed by atoms with Crippen LogP contribution in [0.4, 0.5) is 0 Å². The molecule has 5 heteroatoms. The van der Waals surface area contributed by atoms with Crippen LogP contribution in [0.3, 0.4) is 0 Å². The van der Waals surface area contributed by atoms with Gasteiger partial charge in [0.1, 0.15) is 5.75 Å². The molecule has 1 spiro atoms. The SMILES string of the molecule is COc1ccc(CN2CC3(CCN(C(=O)C#Cc4ccc(Br)cc4)CC3)C2)cc1. The van der Waals surface area contributed by atoms with E-state index in [2.05, 4.69) is 44.8 Å². The highest BCUT2D eigenvalue weighted by molar-refractivity contribution is 9.10. The average molecular weight is 453 g/mol. The van der Waals surface area contributed by atoms with E-state index in [0.717, 1.165) is 61.4 Å². The summed E-state index contributed by atoms with van der Waals surface area (Å²) in [7, 11) is 1.69. The highest BCUT2D eigenvalue weighted by atomic mass is 79.9. The predicted molar refractivity (Wildman–Crippen MR) is 118 cm³/mol. The van der Waals surface area contributed by atoms with Gasteiger partial charge in [-0.25, -0.2) is 0 Å². The minimum absolute atomic E-state index is 0.0582. The van der Waals surface area contributed by atoms with Crippen LogP contribution in [0.1, 0.15) is 24.0 Å². The molecule has 2 aliphatic heterocycles. The number of hydrogen-bond donors (Lipinski definition) is 0. The zero-order chi connectivity index (χ0) is 20.3. The molecule has 29 heavy (non-hydrogen) atoms. The van der Waals surface area contributed by atoms with Gasteiger partial charge in [-0.2, -0.15) is 0 Å². The lowest BCUT2D eigenvalue weighted by Crippen LogP contribution is -2.60. The summed E-state index contributed by atoms with van der Waals surface area (Å²) in [5, 5.41) is 0. The van der Waals surface area contributed by atoms with Gasteiger partial charge in [0.25, 0.3) is 5.91 Å². The molecule has 2 saturated heterocycles. The fraction of sp³-hybridized carbons (Fsp3) is 0.375. The van der Waals surface area contributed by atoms with Crippen LogP contribution in [0.25, 0.3) is 0 Å². The topological polar surface area (TPSA) is 32.8 Å². The van der Waals surface area contributed by atoms with E-state index in [0.29, 0.717) is 5.41 Å². The molecule has 150 valence electrons. The molecule has 0 unspecified atom stereocenters. The summed E-state index contributed by atoms with van der Waals surface area (Å²) in [6.07, 6.45) is 2.13. The Morgan fingerprint density at radius 2 is 1.72 bits per heavy atom. The molecule has 0 aliphatic carbocycles. The summed E-state index contributed by atoms with van der Waals surface area (Å²) in [6.45, 7) is 4.83. The quantitative estimate of drug-likeness (QED) is 0.661. The minimum atomic E-state index is -0.0582. The number of ether oxygens (including phenoxy) is 1. The zero-order valence-electron chi connectivity index (χ0n) is 16.7. The first kappa shape index (κ1) is 20.0. The molecule has 0 aromatic heterocycles. The molecule has 4 rings (SSSR count). The van der Waals surface area contributed by atoms with Crippen LogP contribution in [-0.4, -0.2) is 49.0 Å². The number of methoxy groups -OCH3 is 1. The largest absolute Gasteiger partial charge is 0.497 e. The van der Waals surface area contributed by atoms with E-state index in [-0.39, 0.29) is 5.91 Å². The highest BCUT2D eigenvalue weighted by Crippen LogP contribution is 2.41. The lowest BCUT2D eigenvalue weighted by atomic mass is 9.72. The van der Waals surface area contributed by atoms with E-state index in [9.17, 15) is 4.79 Å². The molecule has 2 heterocycles. The maximum Gasteiger partial charge on any atom is 0.298 e. The summed E-state index contributed by atoms with van der Waals surface area (Å²) >= 11 is 3.41. The van der Waals surface area contributed by atoms with Gasteiger partial charge in [-0.15, -0.1) is 0 Å². The summed E-state index contributed by atoms with van der Waals surface area (Å²) in [5.41, 5.74) is 2.56. The van der Waals surface area contributed by atoms with Crippen LogP contribution in [0.2, 0.25) is 0 Å². The number of piperidine rings is 1. The van der Waals surface area contributed by atoms with E-state index in [1.807, 2.05) is 41.3 Å². The number of halogens is 1. The van der Waals surface area contributed by atoms with Gasteiger partial charge in [-0.1, -0.05) is 34.0 Å². The Labute approximate surface area is 181 Å². The Morgan fingerprint density at radius 1 is 1.07 bits per heavy atom. The average Bonchev–Trinajstić information content (AvgIpc) is 2.73. The summed E-state index contributed by atoms with van der Waals surface area (Å²) in [5.74, 6) is 6.62. The van der Waals surface area contributed by atoms with Crippen molar-refractivity contribution in [3.8, 4) is 17.6 Å². The second kappa shape index (κ2) is 8.61. The monoisotopic (exact) mass is 452 g/mol. The summed E-state index contributed by atoms with van der Waals surface area (Å²) in [4.78, 5) is 16.8. The van der Waals surface area contributed by atoms with Crippen LogP contribution in [0.5, 0.6) is 5.75 Å². The van der Waals surface area contributed by atoms with Crippen molar-refractivity contribution in [3.63, 3.8) is 0 Å². The Morgan fingerprint density at radius 3 is 2.34 bits per heavy atom. The lowest BCUT2D eigenvalue weighted by molar-refractivity contribution is -0.130. The Hall–Kier alpha value is -2.29. The van der Waals surface area contributed by atoms with Crippen molar-refractivity contribution in [3.05, 3.63) is 64.1 Å². The van der Waals surface area contributed by atoms with Crippen molar-refractivity contribution in [2.24, 2.45) is 5.41 Å². The first-order chi connectivity index (χ1) is 14.0.